The summed E-state index contributed by atoms with van der Waals surface area (Å²) in [6.45, 7) is 0.214. The van der Waals surface area contributed by atoms with Crippen LogP contribution in [0.15, 0.2) is 40.9 Å². The van der Waals surface area contributed by atoms with Crippen molar-refractivity contribution in [2.45, 2.75) is 6.54 Å². The Balaban J connectivity index is 2.19. The lowest BCUT2D eigenvalue weighted by atomic mass is 10.2. The van der Waals surface area contributed by atoms with Crippen molar-refractivity contribution < 1.29 is 14.4 Å². The molecule has 0 aliphatic heterocycles. The summed E-state index contributed by atoms with van der Waals surface area (Å²) in [4.78, 5) is 9.98. The zero-order chi connectivity index (χ0) is 14.7. The fraction of sp³-hybridized carbons (Fsp3) is 0.0769. The summed E-state index contributed by atoms with van der Waals surface area (Å²) >= 11 is 3.19. The summed E-state index contributed by atoms with van der Waals surface area (Å²) in [5, 5.41) is 23.3. The van der Waals surface area contributed by atoms with Crippen LogP contribution in [0.2, 0.25) is 0 Å². The molecule has 7 heteroatoms. The Morgan fingerprint density at radius 2 is 2.10 bits per heavy atom. The molecule has 0 aromatic heterocycles. The van der Waals surface area contributed by atoms with Gasteiger partial charge in [0.25, 0.3) is 5.69 Å². The van der Waals surface area contributed by atoms with Gasteiger partial charge in [0, 0.05) is 23.9 Å². The van der Waals surface area contributed by atoms with Crippen molar-refractivity contribution in [3.8, 4) is 5.75 Å². The average Bonchev–Trinajstić information content (AvgIpc) is 2.40. The molecule has 2 aromatic carbocycles. The Morgan fingerprint density at radius 3 is 2.80 bits per heavy atom. The Bertz CT molecular complexity index is 664. The van der Waals surface area contributed by atoms with Gasteiger partial charge in [-0.15, -0.1) is 0 Å². The number of phenolic OH excluding ortho intramolecular Hbond substituents is 1. The predicted octanol–water partition coefficient (Wildman–Crippen LogP) is 3.81. The van der Waals surface area contributed by atoms with Gasteiger partial charge in [0.1, 0.15) is 11.6 Å². The molecule has 0 bridgehead atoms. The number of nitro groups is 1. The molecule has 5 nitrogen and oxygen atoms in total. The van der Waals surface area contributed by atoms with Gasteiger partial charge < -0.3 is 10.4 Å². The van der Waals surface area contributed by atoms with E-state index in [4.69, 9.17) is 0 Å². The first-order valence-corrected chi connectivity index (χ1v) is 6.42. The molecule has 2 N–H and O–H groups in total. The third kappa shape index (κ3) is 3.24. The SMILES string of the molecule is O=[N+]([O-])c1cc(F)cc(NCc2cccc(Br)c2O)c1. The molecule has 0 unspecified atom stereocenters. The minimum absolute atomic E-state index is 0.0749. The van der Waals surface area contributed by atoms with Gasteiger partial charge in [-0.1, -0.05) is 12.1 Å². The van der Waals surface area contributed by atoms with Crippen LogP contribution in [-0.2, 0) is 6.54 Å². The first-order chi connectivity index (χ1) is 9.47. The topological polar surface area (TPSA) is 75.4 Å². The maximum Gasteiger partial charge on any atom is 0.274 e. The Hall–Kier alpha value is -2.15. The minimum Gasteiger partial charge on any atom is -0.506 e. The molecule has 0 aliphatic rings. The van der Waals surface area contributed by atoms with E-state index in [1.165, 1.54) is 6.07 Å². The number of nitrogens with one attached hydrogen (secondary N) is 1. The molecule has 0 amide bonds. The summed E-state index contributed by atoms with van der Waals surface area (Å²) < 4.78 is 13.8. The molecule has 0 atom stereocenters. The molecule has 104 valence electrons. The van der Waals surface area contributed by atoms with Crippen molar-refractivity contribution in [3.05, 3.63) is 62.4 Å². The lowest BCUT2D eigenvalue weighted by molar-refractivity contribution is -0.385. The molecular weight excluding hydrogens is 331 g/mol. The van der Waals surface area contributed by atoms with E-state index in [1.54, 1.807) is 18.2 Å². The van der Waals surface area contributed by atoms with Crippen LogP contribution in [0.1, 0.15) is 5.56 Å². The maximum absolute atomic E-state index is 13.3. The number of hydrogen-bond donors (Lipinski definition) is 2. The second-order valence-corrected chi connectivity index (χ2v) is 4.91. The second kappa shape index (κ2) is 5.87. The van der Waals surface area contributed by atoms with Crippen molar-refractivity contribution in [3.63, 3.8) is 0 Å². The smallest absolute Gasteiger partial charge is 0.274 e. The van der Waals surface area contributed by atoms with E-state index >= 15 is 0 Å². The number of benzene rings is 2. The number of halogens is 2. The van der Waals surface area contributed by atoms with Gasteiger partial charge in [-0.25, -0.2) is 4.39 Å². The lowest BCUT2D eigenvalue weighted by Crippen LogP contribution is -2.01. The Morgan fingerprint density at radius 1 is 1.35 bits per heavy atom. The number of nitrogens with zero attached hydrogens (tertiary/aromatic N) is 1. The number of rotatable bonds is 4. The van der Waals surface area contributed by atoms with E-state index in [1.807, 2.05) is 0 Å². The highest BCUT2D eigenvalue weighted by Crippen LogP contribution is 2.28. The molecule has 2 rings (SSSR count). The zero-order valence-electron chi connectivity index (χ0n) is 10.1. The fourth-order valence-electron chi connectivity index (χ4n) is 1.68. The molecule has 0 spiro atoms. The molecule has 0 heterocycles. The normalized spacial score (nSPS) is 10.3. The minimum atomic E-state index is -0.694. The maximum atomic E-state index is 13.3. The van der Waals surface area contributed by atoms with Crippen LogP contribution < -0.4 is 5.32 Å². The summed E-state index contributed by atoms with van der Waals surface area (Å²) in [6, 6.07) is 8.36. The van der Waals surface area contributed by atoms with E-state index in [0.717, 1.165) is 12.1 Å². The van der Waals surface area contributed by atoms with Crippen LogP contribution in [0.25, 0.3) is 0 Å². The van der Waals surface area contributed by atoms with Gasteiger partial charge >= 0.3 is 0 Å². The Kier molecular flexibility index (Phi) is 4.19. The van der Waals surface area contributed by atoms with Crippen LogP contribution in [0.5, 0.6) is 5.75 Å². The predicted molar refractivity (Wildman–Crippen MR) is 76.2 cm³/mol. The summed E-state index contributed by atoms with van der Waals surface area (Å²) in [5.74, 6) is -0.619. The Labute approximate surface area is 122 Å². The van der Waals surface area contributed by atoms with Gasteiger partial charge in [0.05, 0.1) is 15.5 Å². The van der Waals surface area contributed by atoms with E-state index in [-0.39, 0.29) is 23.7 Å². The average molecular weight is 341 g/mol. The number of anilines is 1. The molecule has 0 saturated carbocycles. The second-order valence-electron chi connectivity index (χ2n) is 4.06. The third-order valence-corrected chi connectivity index (χ3v) is 3.29. The molecule has 20 heavy (non-hydrogen) atoms. The number of phenols is 1. The summed E-state index contributed by atoms with van der Waals surface area (Å²) in [7, 11) is 0. The lowest BCUT2D eigenvalue weighted by Gasteiger charge is -2.09. The first kappa shape index (κ1) is 14.3. The molecular formula is C13H10BrFN2O3. The zero-order valence-corrected chi connectivity index (χ0v) is 11.7. The highest BCUT2D eigenvalue weighted by Gasteiger charge is 2.10. The molecule has 2 aromatic rings. The largest absolute Gasteiger partial charge is 0.506 e. The quantitative estimate of drug-likeness (QED) is 0.655. The van der Waals surface area contributed by atoms with Crippen LogP contribution in [-0.4, -0.2) is 10.0 Å². The first-order valence-electron chi connectivity index (χ1n) is 5.62. The fourth-order valence-corrected chi connectivity index (χ4v) is 2.09. The molecule has 0 radical (unpaired) electrons. The summed E-state index contributed by atoms with van der Waals surface area (Å²) in [6.07, 6.45) is 0. The van der Waals surface area contributed by atoms with Crippen molar-refractivity contribution in [2.24, 2.45) is 0 Å². The highest BCUT2D eigenvalue weighted by molar-refractivity contribution is 9.10. The van der Waals surface area contributed by atoms with Crippen molar-refractivity contribution >= 4 is 27.3 Å². The number of non-ortho nitro benzene ring substituents is 1. The number of hydrogen-bond acceptors (Lipinski definition) is 4. The van der Waals surface area contributed by atoms with E-state index in [9.17, 15) is 19.6 Å². The van der Waals surface area contributed by atoms with Crippen LogP contribution in [0.4, 0.5) is 15.8 Å². The van der Waals surface area contributed by atoms with Gasteiger partial charge in [0.15, 0.2) is 0 Å². The molecule has 0 saturated heterocycles. The standard InChI is InChI=1S/C13H10BrFN2O3/c14-12-3-1-2-8(13(12)18)7-16-10-4-9(15)5-11(6-10)17(19)20/h1-6,16,18H,7H2. The number of nitro benzene ring substituents is 1. The van der Waals surface area contributed by atoms with Crippen molar-refractivity contribution in [1.82, 2.24) is 0 Å². The van der Waals surface area contributed by atoms with Gasteiger partial charge in [-0.05, 0) is 28.1 Å². The summed E-state index contributed by atoms with van der Waals surface area (Å²) in [5.41, 5.74) is 0.535. The van der Waals surface area contributed by atoms with E-state index < -0.39 is 10.7 Å². The van der Waals surface area contributed by atoms with Gasteiger partial charge in [-0.3, -0.25) is 10.1 Å². The molecule has 0 fully saturated rings. The van der Waals surface area contributed by atoms with Crippen LogP contribution in [0.3, 0.4) is 0 Å². The van der Waals surface area contributed by atoms with Gasteiger partial charge in [0.2, 0.25) is 0 Å². The monoisotopic (exact) mass is 340 g/mol. The van der Waals surface area contributed by atoms with Crippen molar-refractivity contribution in [1.29, 1.82) is 0 Å². The van der Waals surface area contributed by atoms with Crippen molar-refractivity contribution in [2.75, 3.05) is 5.32 Å². The van der Waals surface area contributed by atoms with E-state index in [0.29, 0.717) is 10.0 Å². The van der Waals surface area contributed by atoms with Crippen LogP contribution >= 0.6 is 15.9 Å². The highest BCUT2D eigenvalue weighted by atomic mass is 79.9. The van der Waals surface area contributed by atoms with Gasteiger partial charge in [-0.2, -0.15) is 0 Å². The third-order valence-electron chi connectivity index (χ3n) is 2.65. The molecule has 0 aliphatic carbocycles. The number of para-hydroxylation sites is 1. The van der Waals surface area contributed by atoms with E-state index in [2.05, 4.69) is 21.2 Å². The van der Waals surface area contributed by atoms with Crippen LogP contribution in [0, 0.1) is 15.9 Å². The number of aromatic hydroxyl groups is 1.